The molecule has 1 N–H and O–H groups in total. The first-order chi connectivity index (χ1) is 9.31. The van der Waals surface area contributed by atoms with Crippen LogP contribution < -0.4 is 5.32 Å². The molecule has 102 valence electrons. The predicted octanol–water partition coefficient (Wildman–Crippen LogP) is 2.77. The number of carbonyl (C=O) groups is 1. The van der Waals surface area contributed by atoms with Crippen LogP contribution in [-0.2, 0) is 16.0 Å². The van der Waals surface area contributed by atoms with Crippen LogP contribution in [0.15, 0.2) is 36.4 Å². The highest BCUT2D eigenvalue weighted by Crippen LogP contribution is 2.29. The molecule has 2 rings (SSSR count). The van der Waals surface area contributed by atoms with Gasteiger partial charge in [-0.2, -0.15) is 0 Å². The summed E-state index contributed by atoms with van der Waals surface area (Å²) < 4.78 is 4.84. The largest absolute Gasteiger partial charge is 0.463 e. The molecule has 0 bridgehead atoms. The fraction of sp³-hybridized carbons (Fsp3) is 0.438. The molecule has 1 unspecified atom stereocenters. The van der Waals surface area contributed by atoms with Crippen LogP contribution in [0.25, 0.3) is 0 Å². The quantitative estimate of drug-likeness (QED) is 0.652. The highest BCUT2D eigenvalue weighted by Gasteiger charge is 2.18. The molecule has 1 atom stereocenters. The van der Waals surface area contributed by atoms with Gasteiger partial charge in [0.25, 0.3) is 0 Å². The van der Waals surface area contributed by atoms with Crippen LogP contribution >= 0.6 is 0 Å². The highest BCUT2D eigenvalue weighted by atomic mass is 16.5. The van der Waals surface area contributed by atoms with Gasteiger partial charge in [-0.05, 0) is 37.3 Å². The minimum Gasteiger partial charge on any atom is -0.463 e. The molecule has 0 radical (unpaired) electrons. The van der Waals surface area contributed by atoms with Crippen molar-refractivity contribution in [2.75, 3.05) is 13.2 Å². The number of esters is 1. The number of carbonyl (C=O) groups excluding carboxylic acids is 1. The van der Waals surface area contributed by atoms with E-state index in [0.29, 0.717) is 19.2 Å². The lowest BCUT2D eigenvalue weighted by atomic mass is 9.88. The van der Waals surface area contributed by atoms with Crippen molar-refractivity contribution in [1.29, 1.82) is 0 Å². The molecular formula is C16H21NO2. The normalized spacial score (nSPS) is 18.3. The van der Waals surface area contributed by atoms with Gasteiger partial charge in [-0.3, -0.25) is 0 Å². The summed E-state index contributed by atoms with van der Waals surface area (Å²) >= 11 is 0. The molecule has 0 saturated carbocycles. The van der Waals surface area contributed by atoms with Crippen LogP contribution in [0.3, 0.4) is 0 Å². The minimum absolute atomic E-state index is 0.270. The Labute approximate surface area is 114 Å². The van der Waals surface area contributed by atoms with Gasteiger partial charge in [0.05, 0.1) is 6.61 Å². The molecule has 0 heterocycles. The molecule has 0 aliphatic heterocycles. The molecule has 3 heteroatoms. The third kappa shape index (κ3) is 3.93. The number of fused-ring (bicyclic) bond motifs is 1. The summed E-state index contributed by atoms with van der Waals surface area (Å²) in [6.45, 7) is 2.92. The summed E-state index contributed by atoms with van der Waals surface area (Å²) in [6, 6.07) is 8.99. The maximum absolute atomic E-state index is 11.2. The van der Waals surface area contributed by atoms with Gasteiger partial charge < -0.3 is 10.1 Å². The zero-order valence-electron chi connectivity index (χ0n) is 11.4. The summed E-state index contributed by atoms with van der Waals surface area (Å²) in [5.74, 6) is -0.270. The Morgan fingerprint density at radius 3 is 3.16 bits per heavy atom. The Bertz CT molecular complexity index is 454. The third-order valence-corrected chi connectivity index (χ3v) is 3.39. The van der Waals surface area contributed by atoms with Crippen LogP contribution in [0.5, 0.6) is 0 Å². The van der Waals surface area contributed by atoms with Gasteiger partial charge in [-0.1, -0.05) is 30.3 Å². The van der Waals surface area contributed by atoms with E-state index >= 15 is 0 Å². The molecule has 0 fully saturated rings. The van der Waals surface area contributed by atoms with Crippen molar-refractivity contribution in [3.05, 3.63) is 47.5 Å². The van der Waals surface area contributed by atoms with Crippen LogP contribution in [0.1, 0.15) is 36.9 Å². The van der Waals surface area contributed by atoms with Crippen molar-refractivity contribution in [3.63, 3.8) is 0 Å². The number of rotatable bonds is 5. The topological polar surface area (TPSA) is 38.3 Å². The third-order valence-electron chi connectivity index (χ3n) is 3.39. The van der Waals surface area contributed by atoms with Gasteiger partial charge in [0, 0.05) is 18.7 Å². The van der Waals surface area contributed by atoms with E-state index in [1.54, 1.807) is 0 Å². The number of benzene rings is 1. The molecule has 1 aromatic rings. The summed E-state index contributed by atoms with van der Waals surface area (Å²) in [5, 5.41) is 3.48. The van der Waals surface area contributed by atoms with Gasteiger partial charge in [0.15, 0.2) is 0 Å². The van der Waals surface area contributed by atoms with E-state index in [2.05, 4.69) is 29.6 Å². The van der Waals surface area contributed by atoms with Crippen molar-refractivity contribution >= 4 is 5.97 Å². The zero-order valence-corrected chi connectivity index (χ0v) is 11.4. The molecule has 1 aliphatic rings. The lowest BCUT2D eigenvalue weighted by Crippen LogP contribution is -2.25. The first-order valence-electron chi connectivity index (χ1n) is 6.95. The first kappa shape index (κ1) is 13.8. The van der Waals surface area contributed by atoms with Gasteiger partial charge >= 0.3 is 5.97 Å². The Kier molecular flexibility index (Phi) is 5.16. The second-order valence-electron chi connectivity index (χ2n) is 4.71. The second kappa shape index (κ2) is 7.10. The van der Waals surface area contributed by atoms with Gasteiger partial charge in [-0.25, -0.2) is 4.79 Å². The number of aryl methyl sites for hydroxylation is 1. The lowest BCUT2D eigenvalue weighted by molar-refractivity contribution is -0.137. The second-order valence-corrected chi connectivity index (χ2v) is 4.71. The SMILES string of the molecule is CCOC(=O)/C=C/CNC1CCCc2ccccc21. The molecule has 0 aromatic heterocycles. The van der Waals surface area contributed by atoms with E-state index in [-0.39, 0.29) is 5.97 Å². The molecule has 0 saturated heterocycles. The Hall–Kier alpha value is -1.61. The van der Waals surface area contributed by atoms with Gasteiger partial charge in [0.2, 0.25) is 0 Å². The average Bonchev–Trinajstić information content (AvgIpc) is 2.44. The smallest absolute Gasteiger partial charge is 0.330 e. The Morgan fingerprint density at radius 1 is 1.47 bits per heavy atom. The zero-order chi connectivity index (χ0) is 13.5. The molecule has 1 aliphatic carbocycles. The summed E-state index contributed by atoms with van der Waals surface area (Å²) in [4.78, 5) is 11.2. The molecule has 0 amide bonds. The summed E-state index contributed by atoms with van der Waals surface area (Å²) in [7, 11) is 0. The van der Waals surface area contributed by atoms with Gasteiger partial charge in [-0.15, -0.1) is 0 Å². The molecule has 19 heavy (non-hydrogen) atoms. The number of hydrogen-bond acceptors (Lipinski definition) is 3. The number of ether oxygens (including phenoxy) is 1. The van der Waals surface area contributed by atoms with Crippen molar-refractivity contribution in [3.8, 4) is 0 Å². The van der Waals surface area contributed by atoms with E-state index in [0.717, 1.165) is 6.42 Å². The van der Waals surface area contributed by atoms with Gasteiger partial charge in [0.1, 0.15) is 0 Å². The maximum atomic E-state index is 11.2. The summed E-state index contributed by atoms with van der Waals surface area (Å²) in [5.41, 5.74) is 2.85. The maximum Gasteiger partial charge on any atom is 0.330 e. The van der Waals surface area contributed by atoms with Crippen LogP contribution in [0, 0.1) is 0 Å². The van der Waals surface area contributed by atoms with E-state index in [1.807, 2.05) is 13.0 Å². The fourth-order valence-electron chi connectivity index (χ4n) is 2.52. The van der Waals surface area contributed by atoms with Crippen LogP contribution in [-0.4, -0.2) is 19.1 Å². The predicted molar refractivity (Wildman–Crippen MR) is 75.9 cm³/mol. The van der Waals surface area contributed by atoms with Crippen molar-refractivity contribution < 1.29 is 9.53 Å². The van der Waals surface area contributed by atoms with E-state index in [4.69, 9.17) is 4.74 Å². The summed E-state index contributed by atoms with van der Waals surface area (Å²) in [6.07, 6.45) is 6.87. The lowest BCUT2D eigenvalue weighted by Gasteiger charge is -2.26. The molecular weight excluding hydrogens is 238 g/mol. The minimum atomic E-state index is -0.270. The van der Waals surface area contributed by atoms with Crippen molar-refractivity contribution in [2.45, 2.75) is 32.2 Å². The average molecular weight is 259 g/mol. The Morgan fingerprint density at radius 2 is 2.32 bits per heavy atom. The molecule has 1 aromatic carbocycles. The van der Waals surface area contributed by atoms with E-state index in [9.17, 15) is 4.79 Å². The monoisotopic (exact) mass is 259 g/mol. The molecule has 0 spiro atoms. The standard InChI is InChI=1S/C16H21NO2/c1-2-19-16(18)11-6-12-17-15-10-5-8-13-7-3-4-9-14(13)15/h3-4,6-7,9,11,15,17H,2,5,8,10,12H2,1H3/b11-6+. The van der Waals surface area contributed by atoms with Crippen molar-refractivity contribution in [2.24, 2.45) is 0 Å². The number of hydrogen-bond donors (Lipinski definition) is 1. The van der Waals surface area contributed by atoms with Crippen LogP contribution in [0.2, 0.25) is 0 Å². The fourth-order valence-corrected chi connectivity index (χ4v) is 2.52. The van der Waals surface area contributed by atoms with E-state index in [1.165, 1.54) is 30.0 Å². The number of nitrogens with one attached hydrogen (secondary N) is 1. The Balaban J connectivity index is 1.86. The molecule has 3 nitrogen and oxygen atoms in total. The highest BCUT2D eigenvalue weighted by molar-refractivity contribution is 5.81. The van der Waals surface area contributed by atoms with Crippen LogP contribution in [0.4, 0.5) is 0 Å². The van der Waals surface area contributed by atoms with Crippen molar-refractivity contribution in [1.82, 2.24) is 5.32 Å². The van der Waals surface area contributed by atoms with E-state index < -0.39 is 0 Å². The first-order valence-corrected chi connectivity index (χ1v) is 6.95.